The van der Waals surface area contributed by atoms with Crippen molar-refractivity contribution in [3.63, 3.8) is 0 Å². The van der Waals surface area contributed by atoms with Crippen LogP contribution in [0.25, 0.3) is 0 Å². The quantitative estimate of drug-likeness (QED) is 0.343. The third-order valence-electron chi connectivity index (χ3n) is 2.37. The van der Waals surface area contributed by atoms with Gasteiger partial charge < -0.3 is 34.6 Å². The minimum absolute atomic E-state index is 0.0309. The van der Waals surface area contributed by atoms with Crippen LogP contribution in [-0.2, 0) is 14.2 Å². The largest absolute Gasteiger partial charge is 0.508 e. The molecule has 0 amide bonds. The fraction of sp³-hybridized carbons (Fsp3) is 0.700. The Labute approximate surface area is 103 Å². The monoisotopic (exact) mass is 264 g/mol. The van der Waals surface area contributed by atoms with Crippen molar-refractivity contribution in [2.45, 2.75) is 30.7 Å². The van der Waals surface area contributed by atoms with Crippen molar-refractivity contribution >= 4 is 6.16 Å². The molecule has 0 aromatic rings. The van der Waals surface area contributed by atoms with Gasteiger partial charge in [0.1, 0.15) is 37.6 Å². The van der Waals surface area contributed by atoms with Gasteiger partial charge in [0, 0.05) is 0 Å². The molecule has 0 radical (unpaired) electrons. The number of carbonyl (C=O) groups is 1. The second kappa shape index (κ2) is 6.66. The summed E-state index contributed by atoms with van der Waals surface area (Å²) in [4.78, 5) is 11.0. The van der Waals surface area contributed by atoms with E-state index in [0.29, 0.717) is 0 Å². The van der Waals surface area contributed by atoms with Crippen molar-refractivity contribution < 1.29 is 39.4 Å². The topological polar surface area (TPSA) is 126 Å². The summed E-state index contributed by atoms with van der Waals surface area (Å²) < 4.78 is 13.9. The summed E-state index contributed by atoms with van der Waals surface area (Å²) in [6.45, 7) is 2.87. The number of carbonyl (C=O) groups excluding carboxylic acids is 1. The molecular formula is C10H16O8. The van der Waals surface area contributed by atoms with E-state index in [4.69, 9.17) is 4.74 Å². The first-order chi connectivity index (χ1) is 8.47. The van der Waals surface area contributed by atoms with E-state index < -0.39 is 43.5 Å². The highest BCUT2D eigenvalue weighted by Crippen LogP contribution is 2.20. The normalized spacial score (nSPS) is 35.9. The zero-order chi connectivity index (χ0) is 13.7. The van der Waals surface area contributed by atoms with E-state index in [9.17, 15) is 25.2 Å². The number of hydrogen-bond acceptors (Lipinski definition) is 8. The Morgan fingerprint density at radius 2 is 1.83 bits per heavy atom. The maximum Gasteiger partial charge on any atom is 0.508 e. The van der Waals surface area contributed by atoms with Gasteiger partial charge in [-0.3, -0.25) is 0 Å². The Morgan fingerprint density at radius 1 is 1.17 bits per heavy atom. The molecule has 1 heterocycles. The average molecular weight is 264 g/mol. The number of aliphatic hydroxyl groups excluding tert-OH is 4. The Kier molecular flexibility index (Phi) is 5.51. The highest BCUT2D eigenvalue weighted by molar-refractivity contribution is 5.59. The highest BCUT2D eigenvalue weighted by atomic mass is 16.7. The molecule has 1 rings (SSSR count). The summed E-state index contributed by atoms with van der Waals surface area (Å²) in [6.07, 6.45) is -7.18. The summed E-state index contributed by atoms with van der Waals surface area (Å²) in [5.41, 5.74) is 0. The molecule has 8 heteroatoms. The van der Waals surface area contributed by atoms with Gasteiger partial charge in [0.2, 0.25) is 0 Å². The molecule has 5 atom stereocenters. The first-order valence-corrected chi connectivity index (χ1v) is 5.25. The second-order valence-electron chi connectivity index (χ2n) is 3.70. The summed E-state index contributed by atoms with van der Waals surface area (Å²) in [7, 11) is 0. The number of rotatable bonds is 4. The van der Waals surface area contributed by atoms with Crippen molar-refractivity contribution in [3.05, 3.63) is 12.7 Å². The van der Waals surface area contributed by atoms with Crippen LogP contribution in [0.4, 0.5) is 4.79 Å². The summed E-state index contributed by atoms with van der Waals surface area (Å²) in [5.74, 6) is 0. The Bertz CT molecular complexity index is 294. The molecule has 0 saturated carbocycles. The zero-order valence-electron chi connectivity index (χ0n) is 9.51. The number of ether oxygens (including phenoxy) is 3. The predicted octanol–water partition coefficient (Wildman–Crippen LogP) is -1.87. The highest BCUT2D eigenvalue weighted by Gasteiger charge is 2.43. The third-order valence-corrected chi connectivity index (χ3v) is 2.37. The van der Waals surface area contributed by atoms with E-state index in [1.807, 2.05) is 0 Å². The van der Waals surface area contributed by atoms with Crippen LogP contribution in [0.5, 0.6) is 0 Å². The third kappa shape index (κ3) is 3.65. The molecule has 1 fully saturated rings. The fourth-order valence-electron chi connectivity index (χ4n) is 1.39. The molecule has 0 aliphatic carbocycles. The van der Waals surface area contributed by atoms with Crippen LogP contribution in [0.1, 0.15) is 0 Å². The van der Waals surface area contributed by atoms with Gasteiger partial charge in [-0.15, -0.1) is 0 Å². The Balaban J connectivity index is 2.42. The van der Waals surface area contributed by atoms with Gasteiger partial charge in [0.05, 0.1) is 0 Å². The molecular weight excluding hydrogens is 248 g/mol. The molecule has 1 aliphatic heterocycles. The van der Waals surface area contributed by atoms with Crippen molar-refractivity contribution in [1.82, 2.24) is 0 Å². The molecule has 18 heavy (non-hydrogen) atoms. The minimum atomic E-state index is -1.67. The molecule has 0 aromatic carbocycles. The number of aliphatic hydroxyl groups is 4. The van der Waals surface area contributed by atoms with E-state index in [-0.39, 0.29) is 6.61 Å². The lowest BCUT2D eigenvalue weighted by atomic mass is 9.99. The van der Waals surface area contributed by atoms with Crippen LogP contribution in [0.2, 0.25) is 0 Å². The first kappa shape index (κ1) is 14.9. The van der Waals surface area contributed by atoms with E-state index >= 15 is 0 Å². The predicted molar refractivity (Wildman–Crippen MR) is 56.4 cm³/mol. The van der Waals surface area contributed by atoms with E-state index in [0.717, 1.165) is 0 Å². The smallest absolute Gasteiger partial charge is 0.431 e. The van der Waals surface area contributed by atoms with Crippen LogP contribution in [0.3, 0.4) is 0 Å². The van der Waals surface area contributed by atoms with Crippen molar-refractivity contribution in [2.75, 3.05) is 13.2 Å². The SMILES string of the molecule is C=CCOC(=O)OC[C@H]1OC(O)[C@H](O)[C@@H](O)[C@@H]1O. The van der Waals surface area contributed by atoms with Crippen molar-refractivity contribution in [3.8, 4) is 0 Å². The Morgan fingerprint density at radius 3 is 2.44 bits per heavy atom. The summed E-state index contributed by atoms with van der Waals surface area (Å²) in [5, 5.41) is 37.3. The molecule has 0 aromatic heterocycles. The first-order valence-electron chi connectivity index (χ1n) is 5.25. The van der Waals surface area contributed by atoms with Gasteiger partial charge in [-0.25, -0.2) is 4.79 Å². The van der Waals surface area contributed by atoms with Crippen LogP contribution < -0.4 is 0 Å². The lowest BCUT2D eigenvalue weighted by Crippen LogP contribution is -2.58. The molecule has 4 N–H and O–H groups in total. The van der Waals surface area contributed by atoms with Crippen LogP contribution >= 0.6 is 0 Å². The minimum Gasteiger partial charge on any atom is -0.431 e. The Hall–Kier alpha value is -1.19. The molecule has 0 bridgehead atoms. The van der Waals surface area contributed by atoms with Gasteiger partial charge in [-0.05, 0) is 0 Å². The lowest BCUT2D eigenvalue weighted by Gasteiger charge is -2.37. The lowest BCUT2D eigenvalue weighted by molar-refractivity contribution is -0.286. The fourth-order valence-corrected chi connectivity index (χ4v) is 1.39. The maximum absolute atomic E-state index is 11.0. The van der Waals surface area contributed by atoms with Gasteiger partial charge in [-0.2, -0.15) is 0 Å². The van der Waals surface area contributed by atoms with Crippen LogP contribution in [0, 0.1) is 0 Å². The van der Waals surface area contributed by atoms with Gasteiger partial charge >= 0.3 is 6.16 Å². The zero-order valence-corrected chi connectivity index (χ0v) is 9.51. The van der Waals surface area contributed by atoms with Crippen molar-refractivity contribution in [2.24, 2.45) is 0 Å². The van der Waals surface area contributed by atoms with E-state index in [1.165, 1.54) is 6.08 Å². The standard InChI is InChI=1S/C10H16O8/c1-2-3-16-10(15)17-4-5-6(11)7(12)8(13)9(14)18-5/h2,5-9,11-14H,1,3-4H2/t5-,6-,7+,8-,9?/m1/s1. The molecule has 1 aliphatic rings. The van der Waals surface area contributed by atoms with Gasteiger partial charge in [0.25, 0.3) is 0 Å². The molecule has 1 saturated heterocycles. The van der Waals surface area contributed by atoms with E-state index in [1.54, 1.807) is 0 Å². The van der Waals surface area contributed by atoms with Gasteiger partial charge in [0.15, 0.2) is 6.29 Å². The maximum atomic E-state index is 11.0. The van der Waals surface area contributed by atoms with Crippen LogP contribution in [-0.4, -0.2) is 70.5 Å². The number of hydrogen-bond donors (Lipinski definition) is 4. The molecule has 104 valence electrons. The van der Waals surface area contributed by atoms with Gasteiger partial charge in [-0.1, -0.05) is 12.7 Å². The van der Waals surface area contributed by atoms with Crippen LogP contribution in [0.15, 0.2) is 12.7 Å². The molecule has 8 nitrogen and oxygen atoms in total. The van der Waals surface area contributed by atoms with Crippen molar-refractivity contribution in [1.29, 1.82) is 0 Å². The molecule has 1 unspecified atom stereocenters. The van der Waals surface area contributed by atoms with E-state index in [2.05, 4.69) is 16.1 Å². The summed E-state index contributed by atoms with van der Waals surface area (Å²) >= 11 is 0. The summed E-state index contributed by atoms with van der Waals surface area (Å²) in [6, 6.07) is 0. The average Bonchev–Trinajstić information content (AvgIpc) is 2.36. The second-order valence-corrected chi connectivity index (χ2v) is 3.70. The molecule has 0 spiro atoms.